The first kappa shape index (κ1) is 16.0. The zero-order valence-corrected chi connectivity index (χ0v) is 15.2. The quantitative estimate of drug-likeness (QED) is 0.572. The number of amides is 1. The molecule has 126 valence electrons. The maximum absolute atomic E-state index is 12.2. The minimum absolute atomic E-state index is 0.104. The zero-order chi connectivity index (χ0) is 17.2. The van der Waals surface area contributed by atoms with Crippen molar-refractivity contribution in [3.63, 3.8) is 0 Å². The molecule has 7 heteroatoms. The lowest BCUT2D eigenvalue weighted by Crippen LogP contribution is -2.14. The first-order valence-electron chi connectivity index (χ1n) is 7.97. The average Bonchev–Trinajstić information content (AvgIpc) is 3.31. The molecule has 0 spiro atoms. The first-order valence-corrected chi connectivity index (χ1v) is 9.73. The Labute approximate surface area is 153 Å². The number of imidazole rings is 1. The Morgan fingerprint density at radius 3 is 2.80 bits per heavy atom. The maximum Gasteiger partial charge on any atom is 0.232 e. The van der Waals surface area contributed by atoms with Crippen LogP contribution in [0.2, 0.25) is 0 Å². The summed E-state index contributed by atoms with van der Waals surface area (Å²) in [7, 11) is 0. The monoisotopic (exact) mass is 368 g/mol. The van der Waals surface area contributed by atoms with Crippen molar-refractivity contribution >= 4 is 38.7 Å². The van der Waals surface area contributed by atoms with E-state index in [-0.39, 0.29) is 12.3 Å². The van der Waals surface area contributed by atoms with Gasteiger partial charge in [0.1, 0.15) is 0 Å². The Balaban J connectivity index is 1.42. The van der Waals surface area contributed by atoms with Gasteiger partial charge in [0.25, 0.3) is 0 Å². The van der Waals surface area contributed by atoms with E-state index in [1.807, 2.05) is 27.6 Å². The molecular formula is C18H16N4OS2. The lowest BCUT2D eigenvalue weighted by molar-refractivity contribution is -0.115. The number of aromatic nitrogens is 3. The van der Waals surface area contributed by atoms with Gasteiger partial charge in [0.2, 0.25) is 5.91 Å². The number of carbonyl (C=O) groups excluding carboxylic acids is 1. The number of nitrogens with one attached hydrogen (secondary N) is 1. The van der Waals surface area contributed by atoms with Gasteiger partial charge in [0.15, 0.2) is 10.1 Å². The minimum atomic E-state index is -0.104. The number of benzene rings is 1. The summed E-state index contributed by atoms with van der Waals surface area (Å²) in [5.41, 5.74) is 4.00. The van der Waals surface area contributed by atoms with Crippen molar-refractivity contribution in [3.05, 3.63) is 58.7 Å². The molecule has 0 aliphatic carbocycles. The second-order valence-corrected chi connectivity index (χ2v) is 7.37. The average molecular weight is 368 g/mol. The van der Waals surface area contributed by atoms with Crippen molar-refractivity contribution in [2.24, 2.45) is 0 Å². The third-order valence-electron chi connectivity index (χ3n) is 3.89. The number of nitrogens with zero attached hydrogens (tertiary/aromatic N) is 3. The van der Waals surface area contributed by atoms with Gasteiger partial charge >= 0.3 is 0 Å². The largest absolute Gasteiger partial charge is 0.302 e. The third-order valence-corrected chi connectivity index (χ3v) is 5.42. The molecule has 0 bridgehead atoms. The fraction of sp³-hybridized carbons (Fsp3) is 0.167. The molecule has 1 N–H and O–H groups in total. The summed E-state index contributed by atoms with van der Waals surface area (Å²) in [5, 5.41) is 7.40. The van der Waals surface area contributed by atoms with Crippen LogP contribution in [0.3, 0.4) is 0 Å². The van der Waals surface area contributed by atoms with E-state index in [0.29, 0.717) is 5.13 Å². The fourth-order valence-corrected chi connectivity index (χ4v) is 4.02. The number of anilines is 1. The van der Waals surface area contributed by atoms with Crippen LogP contribution in [-0.2, 0) is 17.6 Å². The van der Waals surface area contributed by atoms with E-state index >= 15 is 0 Å². The summed E-state index contributed by atoms with van der Waals surface area (Å²) in [4.78, 5) is 22.1. The number of hydrogen-bond donors (Lipinski definition) is 1. The molecular weight excluding hydrogens is 352 g/mol. The summed E-state index contributed by atoms with van der Waals surface area (Å²) in [6.45, 7) is 2.13. The van der Waals surface area contributed by atoms with Gasteiger partial charge in [0.05, 0.1) is 17.8 Å². The molecule has 0 fully saturated rings. The Morgan fingerprint density at radius 2 is 2.04 bits per heavy atom. The topological polar surface area (TPSA) is 59.3 Å². The van der Waals surface area contributed by atoms with E-state index in [1.165, 1.54) is 16.9 Å². The Hall–Kier alpha value is -2.51. The van der Waals surface area contributed by atoms with Crippen LogP contribution < -0.4 is 5.32 Å². The number of carbonyl (C=O) groups is 1. The van der Waals surface area contributed by atoms with Crippen LogP contribution in [0.5, 0.6) is 0 Å². The van der Waals surface area contributed by atoms with Crippen LogP contribution in [0.1, 0.15) is 18.2 Å². The van der Waals surface area contributed by atoms with E-state index in [1.54, 1.807) is 11.3 Å². The van der Waals surface area contributed by atoms with E-state index in [2.05, 4.69) is 46.5 Å². The number of fused-ring (bicyclic) bond motifs is 1. The molecule has 1 aromatic carbocycles. The molecule has 4 rings (SSSR count). The smallest absolute Gasteiger partial charge is 0.232 e. The molecule has 0 aliphatic heterocycles. The van der Waals surface area contributed by atoms with Gasteiger partial charge in [0, 0.05) is 28.7 Å². The molecule has 0 radical (unpaired) electrons. The molecule has 5 nitrogen and oxygen atoms in total. The number of thiazole rings is 2. The first-order chi connectivity index (χ1) is 12.2. The zero-order valence-electron chi connectivity index (χ0n) is 13.6. The summed E-state index contributed by atoms with van der Waals surface area (Å²) < 4.78 is 1.93. The van der Waals surface area contributed by atoms with E-state index in [9.17, 15) is 4.79 Å². The van der Waals surface area contributed by atoms with Gasteiger partial charge in [-0.25, -0.2) is 9.97 Å². The maximum atomic E-state index is 12.2. The number of hydrogen-bond acceptors (Lipinski definition) is 5. The lowest BCUT2D eigenvalue weighted by atomic mass is 10.1. The molecule has 1 amide bonds. The molecule has 0 aliphatic rings. The number of rotatable bonds is 5. The fourth-order valence-electron chi connectivity index (χ4n) is 2.56. The van der Waals surface area contributed by atoms with Crippen molar-refractivity contribution in [1.82, 2.24) is 14.4 Å². The Kier molecular flexibility index (Phi) is 4.33. The summed E-state index contributed by atoms with van der Waals surface area (Å²) in [6, 6.07) is 8.35. The van der Waals surface area contributed by atoms with E-state index in [4.69, 9.17) is 0 Å². The third kappa shape index (κ3) is 3.47. The Bertz CT molecular complexity index is 985. The van der Waals surface area contributed by atoms with Crippen molar-refractivity contribution in [2.45, 2.75) is 19.8 Å². The van der Waals surface area contributed by atoms with Crippen molar-refractivity contribution in [3.8, 4) is 11.3 Å². The van der Waals surface area contributed by atoms with Gasteiger partial charge in [-0.3, -0.25) is 9.20 Å². The van der Waals surface area contributed by atoms with Crippen LogP contribution in [-0.4, -0.2) is 20.3 Å². The molecule has 0 saturated carbocycles. The molecule has 3 aromatic heterocycles. The van der Waals surface area contributed by atoms with Crippen LogP contribution in [0.15, 0.2) is 47.4 Å². The van der Waals surface area contributed by atoms with Gasteiger partial charge in [-0.05, 0) is 12.0 Å². The van der Waals surface area contributed by atoms with Crippen LogP contribution >= 0.6 is 22.7 Å². The lowest BCUT2D eigenvalue weighted by Gasteiger charge is -2.00. The summed E-state index contributed by atoms with van der Waals surface area (Å²) in [5.74, 6) is -0.104. The molecule has 25 heavy (non-hydrogen) atoms. The predicted molar refractivity (Wildman–Crippen MR) is 102 cm³/mol. The van der Waals surface area contributed by atoms with Gasteiger partial charge in [-0.15, -0.1) is 22.7 Å². The van der Waals surface area contributed by atoms with Crippen LogP contribution in [0, 0.1) is 0 Å². The number of aryl methyl sites for hydroxylation is 1. The van der Waals surface area contributed by atoms with Crippen molar-refractivity contribution in [2.75, 3.05) is 5.32 Å². The SMILES string of the molecule is CCc1ccc(-c2csc(NC(=O)Cc3cn4ccsc4n3)n2)cc1. The highest BCUT2D eigenvalue weighted by atomic mass is 32.1. The van der Waals surface area contributed by atoms with Crippen molar-refractivity contribution in [1.29, 1.82) is 0 Å². The molecule has 3 heterocycles. The van der Waals surface area contributed by atoms with Crippen LogP contribution in [0.4, 0.5) is 5.13 Å². The highest BCUT2D eigenvalue weighted by Crippen LogP contribution is 2.25. The predicted octanol–water partition coefficient (Wildman–Crippen LogP) is 4.26. The summed E-state index contributed by atoms with van der Waals surface area (Å²) in [6.07, 6.45) is 5.08. The second-order valence-electron chi connectivity index (χ2n) is 5.64. The van der Waals surface area contributed by atoms with Gasteiger partial charge in [-0.1, -0.05) is 31.2 Å². The standard InChI is InChI=1S/C18H16N4OS2/c1-2-12-3-5-13(6-4-12)15-11-25-17(20-15)21-16(23)9-14-10-22-7-8-24-18(22)19-14/h3-8,10-11H,2,9H2,1H3,(H,20,21,23). The highest BCUT2D eigenvalue weighted by Gasteiger charge is 2.11. The molecule has 0 unspecified atom stereocenters. The molecule has 4 aromatic rings. The molecule has 0 saturated heterocycles. The highest BCUT2D eigenvalue weighted by molar-refractivity contribution is 7.15. The van der Waals surface area contributed by atoms with Gasteiger partial charge < -0.3 is 5.32 Å². The second kappa shape index (κ2) is 6.78. The van der Waals surface area contributed by atoms with Gasteiger partial charge in [-0.2, -0.15) is 0 Å². The minimum Gasteiger partial charge on any atom is -0.302 e. The normalized spacial score (nSPS) is 11.1. The van der Waals surface area contributed by atoms with E-state index < -0.39 is 0 Å². The molecule has 0 atom stereocenters. The Morgan fingerprint density at radius 1 is 1.20 bits per heavy atom. The van der Waals surface area contributed by atoms with Crippen LogP contribution in [0.25, 0.3) is 16.2 Å². The van der Waals surface area contributed by atoms with E-state index in [0.717, 1.165) is 28.3 Å². The van der Waals surface area contributed by atoms with Crippen molar-refractivity contribution < 1.29 is 4.79 Å². The summed E-state index contributed by atoms with van der Waals surface area (Å²) >= 11 is 2.99.